The fraction of sp³-hybridized carbons (Fsp3) is 0.375. The summed E-state index contributed by atoms with van der Waals surface area (Å²) in [7, 11) is 0. The first-order valence-electron chi connectivity index (χ1n) is 7.71. The number of carbonyl (C=O) groups excluding carboxylic acids is 1. The van der Waals surface area contributed by atoms with E-state index in [0.717, 1.165) is 18.5 Å². The van der Waals surface area contributed by atoms with Crippen LogP contribution in [0, 0.1) is 6.92 Å². The Kier molecular flexibility index (Phi) is 4.45. The van der Waals surface area contributed by atoms with Crippen molar-refractivity contribution in [2.45, 2.75) is 25.9 Å². The number of pyridine rings is 1. The number of rotatable bonds is 3. The maximum Gasteiger partial charge on any atom is 0.254 e. The molecule has 126 valence electrons. The molecule has 24 heavy (non-hydrogen) atoms. The lowest BCUT2D eigenvalue weighted by molar-refractivity contribution is 0.0525. The summed E-state index contributed by atoms with van der Waals surface area (Å²) >= 11 is 0. The van der Waals surface area contributed by atoms with Crippen molar-refractivity contribution in [3.8, 4) is 11.8 Å². The third-order valence-corrected chi connectivity index (χ3v) is 3.80. The van der Waals surface area contributed by atoms with Crippen molar-refractivity contribution >= 4 is 5.91 Å². The molecule has 1 fully saturated rings. The summed E-state index contributed by atoms with van der Waals surface area (Å²) < 4.78 is 5.79. The van der Waals surface area contributed by atoms with Crippen LogP contribution in [0.2, 0.25) is 0 Å². The first-order chi connectivity index (χ1) is 11.5. The summed E-state index contributed by atoms with van der Waals surface area (Å²) in [5.74, 6) is -0.209. The quantitative estimate of drug-likeness (QED) is 0.864. The van der Waals surface area contributed by atoms with E-state index >= 15 is 0 Å². The molecule has 0 radical (unpaired) electrons. The minimum atomic E-state index is -0.516. The highest BCUT2D eigenvalue weighted by Gasteiger charge is 2.26. The molecule has 8 nitrogen and oxygen atoms in total. The van der Waals surface area contributed by atoms with Crippen LogP contribution in [-0.4, -0.2) is 50.3 Å². The highest BCUT2D eigenvalue weighted by molar-refractivity contribution is 5.94. The van der Waals surface area contributed by atoms with Gasteiger partial charge in [-0.2, -0.15) is 5.10 Å². The van der Waals surface area contributed by atoms with Crippen molar-refractivity contribution in [1.82, 2.24) is 20.1 Å². The number of hydrogen-bond donors (Lipinski definition) is 2. The smallest absolute Gasteiger partial charge is 0.254 e. The molecule has 0 bridgehead atoms. The maximum absolute atomic E-state index is 12.5. The zero-order valence-corrected chi connectivity index (χ0v) is 13.2. The number of hydrogen-bond acceptors (Lipinski definition) is 6. The van der Waals surface area contributed by atoms with Crippen molar-refractivity contribution in [3.05, 3.63) is 45.9 Å². The van der Waals surface area contributed by atoms with Gasteiger partial charge in [0.25, 0.3) is 11.5 Å². The monoisotopic (exact) mass is 330 g/mol. The molecule has 0 aromatic carbocycles. The molecular weight excluding hydrogens is 312 g/mol. The van der Waals surface area contributed by atoms with Crippen LogP contribution in [0.5, 0.6) is 11.8 Å². The molecule has 2 aromatic heterocycles. The highest BCUT2D eigenvalue weighted by atomic mass is 16.5. The van der Waals surface area contributed by atoms with Crippen molar-refractivity contribution in [2.75, 3.05) is 13.1 Å². The van der Waals surface area contributed by atoms with Crippen LogP contribution in [0.15, 0.2) is 29.1 Å². The second kappa shape index (κ2) is 6.69. The van der Waals surface area contributed by atoms with E-state index in [-0.39, 0.29) is 23.5 Å². The largest absolute Gasteiger partial charge is 0.494 e. The summed E-state index contributed by atoms with van der Waals surface area (Å²) in [6.45, 7) is 2.81. The molecular formula is C16H18N4O4. The van der Waals surface area contributed by atoms with Crippen LogP contribution in [0.4, 0.5) is 0 Å². The SMILES string of the molecule is Cc1ccc(OC2CCCN(C(=O)c3cc(O)[nH]c(=O)c3)C2)nn1. The summed E-state index contributed by atoms with van der Waals surface area (Å²) in [6.07, 6.45) is 1.40. The Morgan fingerprint density at radius 2 is 2.21 bits per heavy atom. The third kappa shape index (κ3) is 3.70. The molecule has 2 N–H and O–H groups in total. The summed E-state index contributed by atoms with van der Waals surface area (Å²) in [5.41, 5.74) is 0.446. The van der Waals surface area contributed by atoms with Crippen molar-refractivity contribution in [3.63, 3.8) is 0 Å². The van der Waals surface area contributed by atoms with Crippen LogP contribution < -0.4 is 10.3 Å². The molecule has 0 aliphatic carbocycles. The molecule has 0 spiro atoms. The second-order valence-corrected chi connectivity index (χ2v) is 5.76. The van der Waals surface area contributed by atoms with Gasteiger partial charge >= 0.3 is 0 Å². The highest BCUT2D eigenvalue weighted by Crippen LogP contribution is 2.18. The molecule has 1 saturated heterocycles. The lowest BCUT2D eigenvalue weighted by Crippen LogP contribution is -2.44. The van der Waals surface area contributed by atoms with Crippen molar-refractivity contribution in [1.29, 1.82) is 0 Å². The topological polar surface area (TPSA) is 108 Å². The molecule has 1 atom stereocenters. The number of ether oxygens (including phenoxy) is 1. The zero-order chi connectivity index (χ0) is 17.1. The first kappa shape index (κ1) is 16.0. The predicted octanol–water partition coefficient (Wildman–Crippen LogP) is 0.863. The van der Waals surface area contributed by atoms with Crippen LogP contribution in [0.1, 0.15) is 28.9 Å². The summed E-state index contributed by atoms with van der Waals surface area (Å²) in [4.78, 5) is 27.7. The Hall–Kier alpha value is -2.90. The van der Waals surface area contributed by atoms with E-state index in [9.17, 15) is 14.7 Å². The number of aryl methyl sites for hydroxylation is 1. The number of amides is 1. The first-order valence-corrected chi connectivity index (χ1v) is 7.71. The van der Waals surface area contributed by atoms with Gasteiger partial charge in [-0.15, -0.1) is 5.10 Å². The molecule has 3 rings (SSSR count). The Bertz CT molecular complexity index is 787. The molecule has 2 aromatic rings. The zero-order valence-electron chi connectivity index (χ0n) is 13.2. The Morgan fingerprint density at radius 1 is 1.38 bits per heavy atom. The van der Waals surface area contributed by atoms with E-state index in [1.165, 1.54) is 12.1 Å². The van der Waals surface area contributed by atoms with Gasteiger partial charge in [-0.3, -0.25) is 14.6 Å². The number of nitrogens with one attached hydrogen (secondary N) is 1. The second-order valence-electron chi connectivity index (χ2n) is 5.76. The minimum absolute atomic E-state index is 0.159. The lowest BCUT2D eigenvalue weighted by Gasteiger charge is -2.32. The minimum Gasteiger partial charge on any atom is -0.494 e. The van der Waals surface area contributed by atoms with Gasteiger partial charge in [0.05, 0.1) is 17.8 Å². The van der Waals surface area contributed by atoms with E-state index in [1.54, 1.807) is 11.0 Å². The van der Waals surface area contributed by atoms with Crippen LogP contribution >= 0.6 is 0 Å². The number of aromatic hydroxyl groups is 1. The Morgan fingerprint density at radius 3 is 2.92 bits per heavy atom. The fourth-order valence-electron chi connectivity index (χ4n) is 2.67. The van der Waals surface area contributed by atoms with Crippen LogP contribution in [0.3, 0.4) is 0 Å². The van der Waals surface area contributed by atoms with Gasteiger partial charge in [-0.1, -0.05) is 0 Å². The fourth-order valence-corrected chi connectivity index (χ4v) is 2.67. The molecule has 0 saturated carbocycles. The van der Waals surface area contributed by atoms with Crippen molar-refractivity contribution < 1.29 is 14.6 Å². The van der Waals surface area contributed by atoms with Gasteiger partial charge in [0.15, 0.2) is 5.88 Å². The van der Waals surface area contributed by atoms with Crippen molar-refractivity contribution in [2.24, 2.45) is 0 Å². The lowest BCUT2D eigenvalue weighted by atomic mass is 10.1. The number of carbonyl (C=O) groups is 1. The van der Waals surface area contributed by atoms with Gasteiger partial charge in [0.1, 0.15) is 6.10 Å². The van der Waals surface area contributed by atoms with Gasteiger partial charge in [-0.25, -0.2) is 0 Å². The van der Waals surface area contributed by atoms with E-state index in [2.05, 4.69) is 15.2 Å². The standard InChI is InChI=1S/C16H18N4O4/c1-10-4-5-15(19-18-10)24-12-3-2-6-20(9-12)16(23)11-7-13(21)17-14(22)8-11/h4-5,7-8,12H,2-3,6,9H2,1H3,(H2,17,21,22). The Balaban J connectivity index is 1.69. The summed E-state index contributed by atoms with van der Waals surface area (Å²) in [5, 5.41) is 17.4. The molecule has 1 amide bonds. The van der Waals surface area contributed by atoms with Crippen LogP contribution in [-0.2, 0) is 0 Å². The molecule has 1 aliphatic rings. The van der Waals surface area contributed by atoms with Gasteiger partial charge in [0.2, 0.25) is 5.88 Å². The number of aromatic nitrogens is 3. The van der Waals surface area contributed by atoms with Gasteiger partial charge < -0.3 is 14.7 Å². The number of H-pyrrole nitrogens is 1. The van der Waals surface area contributed by atoms with Gasteiger partial charge in [0, 0.05) is 24.7 Å². The number of likely N-dealkylation sites (tertiary alicyclic amines) is 1. The average molecular weight is 330 g/mol. The Labute approximate surface area is 138 Å². The molecule has 3 heterocycles. The number of piperidine rings is 1. The normalized spacial score (nSPS) is 17.5. The predicted molar refractivity (Wildman–Crippen MR) is 85.1 cm³/mol. The van der Waals surface area contributed by atoms with Gasteiger partial charge in [-0.05, 0) is 25.8 Å². The number of aromatic amines is 1. The van der Waals surface area contributed by atoms with E-state index in [1.807, 2.05) is 13.0 Å². The van der Waals surface area contributed by atoms with Crippen LogP contribution in [0.25, 0.3) is 0 Å². The molecule has 1 aliphatic heterocycles. The number of nitrogens with zero attached hydrogens (tertiary/aromatic N) is 3. The maximum atomic E-state index is 12.5. The third-order valence-electron chi connectivity index (χ3n) is 3.80. The van der Waals surface area contributed by atoms with E-state index in [0.29, 0.717) is 19.0 Å². The average Bonchev–Trinajstić information content (AvgIpc) is 2.56. The molecule has 8 heteroatoms. The summed E-state index contributed by atoms with van der Waals surface area (Å²) in [6, 6.07) is 5.99. The van der Waals surface area contributed by atoms with E-state index < -0.39 is 5.56 Å². The molecule has 1 unspecified atom stereocenters. The van der Waals surface area contributed by atoms with E-state index in [4.69, 9.17) is 4.74 Å².